The Morgan fingerprint density at radius 2 is 1.89 bits per heavy atom. The number of hydrogen-bond donors (Lipinski definition) is 2. The summed E-state index contributed by atoms with van der Waals surface area (Å²) in [7, 11) is 1.64. The third kappa shape index (κ3) is 3.50. The molecule has 2 aromatic heterocycles. The van der Waals surface area contributed by atoms with Crippen LogP contribution in [0.1, 0.15) is 6.92 Å². The van der Waals surface area contributed by atoms with Crippen LogP contribution in [0.4, 0.5) is 17.2 Å². The van der Waals surface area contributed by atoms with Gasteiger partial charge < -0.3 is 15.4 Å². The first-order valence-corrected chi connectivity index (χ1v) is 8.75. The number of methoxy groups -OCH3 is 1. The van der Waals surface area contributed by atoms with Crippen LogP contribution < -0.4 is 15.4 Å². The Kier molecular flexibility index (Phi) is 4.63. The zero-order chi connectivity index (χ0) is 19.5. The minimum absolute atomic E-state index is 0.109. The molecule has 0 atom stereocenters. The number of hydrogen-bond acceptors (Lipinski definition) is 5. The normalized spacial score (nSPS) is 10.6. The number of anilines is 3. The quantitative estimate of drug-likeness (QED) is 0.550. The maximum atomic E-state index is 11.3. The summed E-state index contributed by atoms with van der Waals surface area (Å²) >= 11 is 0. The van der Waals surface area contributed by atoms with E-state index in [2.05, 4.69) is 20.6 Å². The SMILES string of the molecule is COc1ccc(Nc2ncc(-c3cccc(NC(C)=O)c3)n3ccnc23)cc1. The van der Waals surface area contributed by atoms with E-state index in [4.69, 9.17) is 4.74 Å². The Bertz CT molecular complexity index is 1140. The Morgan fingerprint density at radius 1 is 1.07 bits per heavy atom. The van der Waals surface area contributed by atoms with Gasteiger partial charge in [0.05, 0.1) is 19.0 Å². The number of amides is 1. The molecule has 2 aromatic carbocycles. The largest absolute Gasteiger partial charge is 0.497 e. The van der Waals surface area contributed by atoms with Gasteiger partial charge in [-0.3, -0.25) is 9.20 Å². The molecule has 0 saturated carbocycles. The van der Waals surface area contributed by atoms with E-state index in [0.29, 0.717) is 11.5 Å². The molecule has 4 aromatic rings. The first kappa shape index (κ1) is 17.5. The molecule has 0 spiro atoms. The molecule has 28 heavy (non-hydrogen) atoms. The average molecular weight is 373 g/mol. The molecule has 0 saturated heterocycles. The van der Waals surface area contributed by atoms with Gasteiger partial charge in [0.25, 0.3) is 0 Å². The molecule has 140 valence electrons. The smallest absolute Gasteiger partial charge is 0.221 e. The summed E-state index contributed by atoms with van der Waals surface area (Å²) in [4.78, 5) is 20.4. The van der Waals surface area contributed by atoms with E-state index in [1.165, 1.54) is 6.92 Å². The second-order valence-electron chi connectivity index (χ2n) is 6.23. The van der Waals surface area contributed by atoms with E-state index in [0.717, 1.165) is 28.4 Å². The molecule has 7 heteroatoms. The Hall–Kier alpha value is -3.87. The summed E-state index contributed by atoms with van der Waals surface area (Å²) in [6.45, 7) is 1.49. The number of carbonyl (C=O) groups is 1. The first-order valence-electron chi connectivity index (χ1n) is 8.75. The van der Waals surface area contributed by atoms with Crippen molar-refractivity contribution in [3.05, 3.63) is 67.1 Å². The molecule has 0 aliphatic rings. The predicted molar refractivity (Wildman–Crippen MR) is 109 cm³/mol. The lowest BCUT2D eigenvalue weighted by molar-refractivity contribution is -0.114. The topological polar surface area (TPSA) is 80.5 Å². The second-order valence-corrected chi connectivity index (χ2v) is 6.23. The lowest BCUT2D eigenvalue weighted by Crippen LogP contribution is -2.06. The van der Waals surface area contributed by atoms with Gasteiger partial charge in [0.15, 0.2) is 11.5 Å². The van der Waals surface area contributed by atoms with Crippen LogP contribution in [0, 0.1) is 0 Å². The van der Waals surface area contributed by atoms with Gasteiger partial charge in [-0.2, -0.15) is 0 Å². The molecule has 0 aliphatic carbocycles. The highest BCUT2D eigenvalue weighted by atomic mass is 16.5. The Balaban J connectivity index is 1.70. The highest BCUT2D eigenvalue weighted by Gasteiger charge is 2.11. The molecular formula is C21H19N5O2. The van der Waals surface area contributed by atoms with Crippen molar-refractivity contribution in [2.24, 2.45) is 0 Å². The number of rotatable bonds is 5. The van der Waals surface area contributed by atoms with Crippen LogP contribution in [-0.4, -0.2) is 27.4 Å². The fourth-order valence-electron chi connectivity index (χ4n) is 2.99. The van der Waals surface area contributed by atoms with E-state index in [1.807, 2.05) is 59.1 Å². The number of carbonyl (C=O) groups excluding carboxylic acids is 1. The van der Waals surface area contributed by atoms with E-state index in [9.17, 15) is 4.79 Å². The molecule has 0 aliphatic heterocycles. The van der Waals surface area contributed by atoms with Crippen molar-refractivity contribution in [3.8, 4) is 17.0 Å². The lowest BCUT2D eigenvalue weighted by Gasteiger charge is -2.12. The molecule has 1 amide bonds. The van der Waals surface area contributed by atoms with Gasteiger partial charge in [-0.05, 0) is 36.4 Å². The predicted octanol–water partition coefficient (Wildman–Crippen LogP) is 4.11. The van der Waals surface area contributed by atoms with Gasteiger partial charge in [-0.1, -0.05) is 12.1 Å². The number of nitrogens with one attached hydrogen (secondary N) is 2. The monoisotopic (exact) mass is 373 g/mol. The van der Waals surface area contributed by atoms with Crippen LogP contribution in [0.25, 0.3) is 16.9 Å². The van der Waals surface area contributed by atoms with Crippen molar-refractivity contribution < 1.29 is 9.53 Å². The third-order valence-corrected chi connectivity index (χ3v) is 4.26. The number of benzene rings is 2. The minimum atomic E-state index is -0.109. The van der Waals surface area contributed by atoms with Crippen molar-refractivity contribution in [3.63, 3.8) is 0 Å². The van der Waals surface area contributed by atoms with Crippen molar-refractivity contribution in [2.45, 2.75) is 6.92 Å². The summed E-state index contributed by atoms with van der Waals surface area (Å²) in [6.07, 6.45) is 5.40. The summed E-state index contributed by atoms with van der Waals surface area (Å²) in [5.74, 6) is 1.33. The van der Waals surface area contributed by atoms with Gasteiger partial charge in [-0.25, -0.2) is 9.97 Å². The molecule has 0 fully saturated rings. The van der Waals surface area contributed by atoms with Gasteiger partial charge in [0.1, 0.15) is 5.75 Å². The fourth-order valence-corrected chi connectivity index (χ4v) is 2.99. The highest BCUT2D eigenvalue weighted by molar-refractivity contribution is 5.89. The third-order valence-electron chi connectivity index (χ3n) is 4.26. The molecule has 0 unspecified atom stereocenters. The maximum Gasteiger partial charge on any atom is 0.221 e. The molecule has 7 nitrogen and oxygen atoms in total. The number of aromatic nitrogens is 3. The number of imidazole rings is 1. The molecule has 4 rings (SSSR count). The second kappa shape index (κ2) is 7.40. The molecular weight excluding hydrogens is 354 g/mol. The summed E-state index contributed by atoms with van der Waals surface area (Å²) in [5, 5.41) is 6.10. The average Bonchev–Trinajstić information content (AvgIpc) is 3.19. The minimum Gasteiger partial charge on any atom is -0.497 e. The molecule has 0 radical (unpaired) electrons. The van der Waals surface area contributed by atoms with Crippen LogP contribution in [0.3, 0.4) is 0 Å². The van der Waals surface area contributed by atoms with Crippen LogP contribution in [-0.2, 0) is 4.79 Å². The van der Waals surface area contributed by atoms with E-state index < -0.39 is 0 Å². The van der Waals surface area contributed by atoms with Crippen LogP contribution in [0.2, 0.25) is 0 Å². The summed E-state index contributed by atoms with van der Waals surface area (Å²) in [6, 6.07) is 15.2. The van der Waals surface area contributed by atoms with Gasteiger partial charge >= 0.3 is 0 Å². The van der Waals surface area contributed by atoms with Crippen molar-refractivity contribution in [2.75, 3.05) is 17.7 Å². The zero-order valence-electron chi connectivity index (χ0n) is 15.5. The van der Waals surface area contributed by atoms with Crippen LogP contribution in [0.5, 0.6) is 5.75 Å². The summed E-state index contributed by atoms with van der Waals surface area (Å²) in [5.41, 5.74) is 4.13. The van der Waals surface area contributed by atoms with Crippen molar-refractivity contribution >= 4 is 28.7 Å². The number of nitrogens with zero attached hydrogens (tertiary/aromatic N) is 3. The highest BCUT2D eigenvalue weighted by Crippen LogP contribution is 2.27. The maximum absolute atomic E-state index is 11.3. The van der Waals surface area contributed by atoms with Crippen LogP contribution in [0.15, 0.2) is 67.1 Å². The first-order chi connectivity index (χ1) is 13.6. The molecule has 2 heterocycles. The van der Waals surface area contributed by atoms with E-state index in [1.54, 1.807) is 19.5 Å². The Labute approximate surface area is 162 Å². The number of fused-ring (bicyclic) bond motifs is 1. The number of ether oxygens (including phenoxy) is 1. The van der Waals surface area contributed by atoms with Gasteiger partial charge in [0.2, 0.25) is 5.91 Å². The Morgan fingerprint density at radius 3 is 2.64 bits per heavy atom. The van der Waals surface area contributed by atoms with Gasteiger partial charge in [0, 0.05) is 36.3 Å². The standard InChI is InChI=1S/C21H19N5O2/c1-14(27)24-17-5-3-4-15(12-17)19-13-23-20(21-22-10-11-26(19)21)25-16-6-8-18(28-2)9-7-16/h3-13H,1-2H3,(H,23,25)(H,24,27). The van der Waals surface area contributed by atoms with E-state index >= 15 is 0 Å². The summed E-state index contributed by atoms with van der Waals surface area (Å²) < 4.78 is 7.15. The molecule has 0 bridgehead atoms. The van der Waals surface area contributed by atoms with Crippen molar-refractivity contribution in [1.82, 2.24) is 14.4 Å². The fraction of sp³-hybridized carbons (Fsp3) is 0.0952. The lowest BCUT2D eigenvalue weighted by atomic mass is 10.1. The molecule has 2 N–H and O–H groups in total. The van der Waals surface area contributed by atoms with Crippen molar-refractivity contribution in [1.29, 1.82) is 0 Å². The van der Waals surface area contributed by atoms with Gasteiger partial charge in [-0.15, -0.1) is 0 Å². The zero-order valence-corrected chi connectivity index (χ0v) is 15.5. The van der Waals surface area contributed by atoms with E-state index in [-0.39, 0.29) is 5.91 Å². The van der Waals surface area contributed by atoms with Crippen LogP contribution >= 0.6 is 0 Å².